The molecule has 0 aliphatic heterocycles. The van der Waals surface area contributed by atoms with Crippen molar-refractivity contribution in [2.24, 2.45) is 0 Å². The second kappa shape index (κ2) is 7.67. The van der Waals surface area contributed by atoms with E-state index in [1.165, 1.54) is 0 Å². The summed E-state index contributed by atoms with van der Waals surface area (Å²) in [7, 11) is 5.06. The molecule has 1 rings (SSSR count). The second-order valence-electron chi connectivity index (χ2n) is 4.53. The quantitative estimate of drug-likeness (QED) is 0.761. The van der Waals surface area contributed by atoms with E-state index in [9.17, 15) is 4.79 Å². The van der Waals surface area contributed by atoms with Gasteiger partial charge in [0.05, 0.1) is 14.2 Å². The molecular weight excluding hydrogens is 242 g/mol. The van der Waals surface area contributed by atoms with Crippen LogP contribution in [0.4, 0.5) is 0 Å². The summed E-state index contributed by atoms with van der Waals surface area (Å²) in [6, 6.07) is 5.64. The number of nitrogens with zero attached hydrogens (tertiary/aromatic N) is 1. The highest BCUT2D eigenvalue weighted by Gasteiger charge is 2.12. The van der Waals surface area contributed by atoms with E-state index < -0.39 is 0 Å². The minimum atomic E-state index is 0.166. The van der Waals surface area contributed by atoms with Gasteiger partial charge in [-0.25, -0.2) is 0 Å². The van der Waals surface area contributed by atoms with Crippen LogP contribution in [0.25, 0.3) is 0 Å². The Kier molecular flexibility index (Phi) is 6.19. The summed E-state index contributed by atoms with van der Waals surface area (Å²) >= 11 is 0. The Hall–Kier alpha value is -1.71. The van der Waals surface area contributed by atoms with Gasteiger partial charge in [-0.05, 0) is 18.6 Å². The van der Waals surface area contributed by atoms with Crippen LogP contribution in [-0.2, 0) is 11.3 Å². The molecular formula is C15H23NO3. The van der Waals surface area contributed by atoms with Crippen molar-refractivity contribution in [2.75, 3.05) is 21.3 Å². The van der Waals surface area contributed by atoms with Crippen LogP contribution in [-0.4, -0.2) is 32.1 Å². The summed E-state index contributed by atoms with van der Waals surface area (Å²) in [5.74, 6) is 1.66. The second-order valence-corrected chi connectivity index (χ2v) is 4.53. The van der Waals surface area contributed by atoms with Gasteiger partial charge in [0.1, 0.15) is 11.5 Å². The first-order valence-electron chi connectivity index (χ1n) is 6.57. The van der Waals surface area contributed by atoms with Crippen molar-refractivity contribution in [1.82, 2.24) is 4.90 Å². The van der Waals surface area contributed by atoms with Crippen LogP contribution < -0.4 is 9.47 Å². The summed E-state index contributed by atoms with van der Waals surface area (Å²) in [5.41, 5.74) is 0.982. The van der Waals surface area contributed by atoms with Crippen molar-refractivity contribution in [3.8, 4) is 11.5 Å². The van der Waals surface area contributed by atoms with Crippen molar-refractivity contribution in [3.63, 3.8) is 0 Å². The maximum absolute atomic E-state index is 11.9. The number of benzene rings is 1. The molecule has 19 heavy (non-hydrogen) atoms. The lowest BCUT2D eigenvalue weighted by molar-refractivity contribution is -0.130. The summed E-state index contributed by atoms with van der Waals surface area (Å²) in [5, 5.41) is 0. The summed E-state index contributed by atoms with van der Waals surface area (Å²) in [6.45, 7) is 2.63. The molecule has 0 saturated heterocycles. The SMILES string of the molecule is CCCCC(=O)N(C)Cc1ccc(OC)cc1OC. The Morgan fingerprint density at radius 3 is 2.58 bits per heavy atom. The van der Waals surface area contributed by atoms with Crippen LogP contribution in [0.3, 0.4) is 0 Å². The lowest BCUT2D eigenvalue weighted by atomic mass is 10.1. The van der Waals surface area contributed by atoms with Gasteiger partial charge >= 0.3 is 0 Å². The fourth-order valence-corrected chi connectivity index (χ4v) is 1.85. The van der Waals surface area contributed by atoms with Crippen molar-refractivity contribution in [2.45, 2.75) is 32.7 Å². The molecule has 0 heterocycles. The predicted molar refractivity (Wildman–Crippen MR) is 75.5 cm³/mol. The first kappa shape index (κ1) is 15.3. The number of carbonyl (C=O) groups excluding carboxylic acids is 1. The molecule has 0 saturated carbocycles. The van der Waals surface area contributed by atoms with E-state index in [2.05, 4.69) is 6.92 Å². The normalized spacial score (nSPS) is 10.1. The molecule has 0 aliphatic rings. The van der Waals surface area contributed by atoms with Gasteiger partial charge in [-0.1, -0.05) is 13.3 Å². The van der Waals surface area contributed by atoms with Crippen molar-refractivity contribution < 1.29 is 14.3 Å². The van der Waals surface area contributed by atoms with Crippen LogP contribution >= 0.6 is 0 Å². The van der Waals surface area contributed by atoms with Gasteiger partial charge in [0.25, 0.3) is 0 Å². The Balaban J connectivity index is 2.72. The minimum Gasteiger partial charge on any atom is -0.497 e. The number of ether oxygens (including phenoxy) is 2. The molecule has 0 spiro atoms. The van der Waals surface area contributed by atoms with Crippen LogP contribution in [0.2, 0.25) is 0 Å². The van der Waals surface area contributed by atoms with Crippen molar-refractivity contribution >= 4 is 5.91 Å². The minimum absolute atomic E-state index is 0.166. The Labute approximate surface area is 115 Å². The van der Waals surface area contributed by atoms with Gasteiger partial charge in [-0.3, -0.25) is 4.79 Å². The van der Waals surface area contributed by atoms with E-state index in [1.54, 1.807) is 19.1 Å². The van der Waals surface area contributed by atoms with Gasteiger partial charge < -0.3 is 14.4 Å². The largest absolute Gasteiger partial charge is 0.497 e. The molecule has 0 fully saturated rings. The molecule has 0 aromatic heterocycles. The van der Waals surface area contributed by atoms with Gasteiger partial charge in [-0.2, -0.15) is 0 Å². The van der Waals surface area contributed by atoms with Gasteiger partial charge in [-0.15, -0.1) is 0 Å². The van der Waals surface area contributed by atoms with Crippen LogP contribution in [0.1, 0.15) is 31.7 Å². The summed E-state index contributed by atoms with van der Waals surface area (Å²) < 4.78 is 10.5. The Morgan fingerprint density at radius 1 is 1.26 bits per heavy atom. The number of methoxy groups -OCH3 is 2. The van der Waals surface area contributed by atoms with E-state index in [-0.39, 0.29) is 5.91 Å². The van der Waals surface area contributed by atoms with Gasteiger partial charge in [0.2, 0.25) is 5.91 Å². The predicted octanol–water partition coefficient (Wildman–Crippen LogP) is 2.85. The first-order chi connectivity index (χ1) is 9.12. The molecule has 0 aliphatic carbocycles. The highest BCUT2D eigenvalue weighted by molar-refractivity contribution is 5.75. The first-order valence-corrected chi connectivity index (χ1v) is 6.57. The molecule has 1 amide bonds. The van der Waals surface area contributed by atoms with Crippen molar-refractivity contribution in [1.29, 1.82) is 0 Å². The zero-order chi connectivity index (χ0) is 14.3. The summed E-state index contributed by atoms with van der Waals surface area (Å²) in [4.78, 5) is 13.6. The molecule has 4 heteroatoms. The topological polar surface area (TPSA) is 38.8 Å². The molecule has 0 atom stereocenters. The number of rotatable bonds is 7. The van der Waals surface area contributed by atoms with E-state index in [4.69, 9.17) is 9.47 Å². The van der Waals surface area contributed by atoms with E-state index in [0.717, 1.165) is 29.9 Å². The summed E-state index contributed by atoms with van der Waals surface area (Å²) in [6.07, 6.45) is 2.57. The zero-order valence-electron chi connectivity index (χ0n) is 12.2. The number of carbonyl (C=O) groups is 1. The van der Waals surface area contributed by atoms with E-state index >= 15 is 0 Å². The third kappa shape index (κ3) is 4.47. The molecule has 1 aromatic carbocycles. The van der Waals surface area contributed by atoms with E-state index in [1.807, 2.05) is 25.2 Å². The molecule has 0 N–H and O–H groups in total. The highest BCUT2D eigenvalue weighted by atomic mass is 16.5. The van der Waals surface area contributed by atoms with Gasteiger partial charge in [0.15, 0.2) is 0 Å². The fourth-order valence-electron chi connectivity index (χ4n) is 1.85. The Bertz CT molecular complexity index is 418. The lowest BCUT2D eigenvalue weighted by Gasteiger charge is -2.19. The Morgan fingerprint density at radius 2 is 2.00 bits per heavy atom. The number of hydrogen-bond acceptors (Lipinski definition) is 3. The third-order valence-electron chi connectivity index (χ3n) is 3.07. The van der Waals surface area contributed by atoms with E-state index in [0.29, 0.717) is 13.0 Å². The highest BCUT2D eigenvalue weighted by Crippen LogP contribution is 2.25. The van der Waals surface area contributed by atoms with Crippen LogP contribution in [0, 0.1) is 0 Å². The molecule has 0 radical (unpaired) electrons. The smallest absolute Gasteiger partial charge is 0.222 e. The molecule has 106 valence electrons. The standard InChI is InChI=1S/C15H23NO3/c1-5-6-7-15(17)16(2)11-12-8-9-13(18-3)10-14(12)19-4/h8-10H,5-7,11H2,1-4H3. The average Bonchev–Trinajstić information content (AvgIpc) is 2.44. The van der Waals surface area contributed by atoms with Crippen LogP contribution in [0.15, 0.2) is 18.2 Å². The molecule has 0 bridgehead atoms. The third-order valence-corrected chi connectivity index (χ3v) is 3.07. The number of unbranched alkanes of at least 4 members (excludes halogenated alkanes) is 1. The fraction of sp³-hybridized carbons (Fsp3) is 0.533. The van der Waals surface area contributed by atoms with Crippen LogP contribution in [0.5, 0.6) is 11.5 Å². The molecule has 0 unspecified atom stereocenters. The van der Waals surface area contributed by atoms with Gasteiger partial charge in [0, 0.05) is 31.6 Å². The molecule has 1 aromatic rings. The van der Waals surface area contributed by atoms with Crippen molar-refractivity contribution in [3.05, 3.63) is 23.8 Å². The average molecular weight is 265 g/mol. The monoisotopic (exact) mass is 265 g/mol. The molecule has 4 nitrogen and oxygen atoms in total. The lowest BCUT2D eigenvalue weighted by Crippen LogP contribution is -2.26. The zero-order valence-corrected chi connectivity index (χ0v) is 12.2. The number of hydrogen-bond donors (Lipinski definition) is 0. The maximum atomic E-state index is 11.9. The maximum Gasteiger partial charge on any atom is 0.222 e. The number of amides is 1.